The van der Waals surface area contributed by atoms with E-state index in [-0.39, 0.29) is 25.1 Å². The number of hydrogen-bond donors (Lipinski definition) is 0. The molecule has 20 heavy (non-hydrogen) atoms. The van der Waals surface area contributed by atoms with Crippen LogP contribution in [-0.2, 0) is 0 Å². The van der Waals surface area contributed by atoms with Gasteiger partial charge in [0.25, 0.3) is 0 Å². The Balaban J connectivity index is 2.87. The van der Waals surface area contributed by atoms with Gasteiger partial charge in [0.1, 0.15) is 5.75 Å². The summed E-state index contributed by atoms with van der Waals surface area (Å²) in [6.07, 6.45) is 0. The molecule has 0 spiro atoms. The lowest BCUT2D eigenvalue weighted by atomic mass is 10.0. The third-order valence-electron chi connectivity index (χ3n) is 2.65. The van der Waals surface area contributed by atoms with Crippen LogP contribution in [0.3, 0.4) is 0 Å². The highest BCUT2D eigenvalue weighted by Crippen LogP contribution is 2.50. The number of methoxy groups -OCH3 is 1. The molecule has 2 rings (SSSR count). The second kappa shape index (κ2) is 6.39. The first-order valence-electron chi connectivity index (χ1n) is 5.24. The molecule has 0 aromatic heterocycles. The maximum atomic E-state index is 6.23. The minimum Gasteiger partial charge on any atom is -0.495 e. The molecule has 1 nitrogen and oxygen atoms in total. The van der Waals surface area contributed by atoms with Gasteiger partial charge in [0, 0.05) is 11.1 Å². The third-order valence-corrected chi connectivity index (χ3v) is 5.22. The third kappa shape index (κ3) is 2.68. The van der Waals surface area contributed by atoms with Gasteiger partial charge < -0.3 is 4.74 Å². The van der Waals surface area contributed by atoms with Gasteiger partial charge in [-0.2, -0.15) is 0 Å². The lowest BCUT2D eigenvalue weighted by Crippen LogP contribution is -1.92. The van der Waals surface area contributed by atoms with E-state index < -0.39 is 0 Å². The molecule has 2 aromatic rings. The summed E-state index contributed by atoms with van der Waals surface area (Å²) in [5.41, 5.74) is 1.00. The summed E-state index contributed by atoms with van der Waals surface area (Å²) in [4.78, 5) is 0. The molecule has 0 amide bonds. The highest BCUT2D eigenvalue weighted by Gasteiger charge is 2.23. The van der Waals surface area contributed by atoms with Crippen molar-refractivity contribution in [2.75, 3.05) is 7.11 Å². The molecular weight excluding hydrogens is 385 g/mol. The first kappa shape index (κ1) is 16.4. The molecule has 0 fully saturated rings. The van der Waals surface area contributed by atoms with Gasteiger partial charge in [0.15, 0.2) is 0 Å². The Morgan fingerprint density at radius 3 is 1.75 bits per heavy atom. The van der Waals surface area contributed by atoms with Crippen LogP contribution in [0.2, 0.25) is 30.1 Å². The molecule has 2 aromatic carbocycles. The Morgan fingerprint density at radius 2 is 1.25 bits per heavy atom. The first-order chi connectivity index (χ1) is 9.40. The van der Waals surface area contributed by atoms with Crippen LogP contribution in [0.5, 0.6) is 5.75 Å². The SMILES string of the molecule is COc1c(Cl)cccc1-c1c(Cl)c(Cl)c(Cl)c(Cl)c1Cl. The van der Waals surface area contributed by atoms with Crippen molar-refractivity contribution >= 4 is 69.6 Å². The summed E-state index contributed by atoms with van der Waals surface area (Å²) in [6.45, 7) is 0. The van der Waals surface area contributed by atoms with Gasteiger partial charge in [-0.1, -0.05) is 81.7 Å². The number of ether oxygens (including phenoxy) is 1. The Morgan fingerprint density at radius 1 is 0.750 bits per heavy atom. The van der Waals surface area contributed by atoms with Gasteiger partial charge in [0.2, 0.25) is 0 Å². The Hall–Kier alpha value is -0.0200. The van der Waals surface area contributed by atoms with Crippen molar-refractivity contribution in [2.24, 2.45) is 0 Å². The zero-order valence-electron chi connectivity index (χ0n) is 9.91. The molecule has 0 bridgehead atoms. The summed E-state index contributed by atoms with van der Waals surface area (Å²) in [5, 5.41) is 1.14. The van der Waals surface area contributed by atoms with Crippen LogP contribution in [0.25, 0.3) is 11.1 Å². The van der Waals surface area contributed by atoms with E-state index in [0.29, 0.717) is 21.9 Å². The van der Waals surface area contributed by atoms with Crippen molar-refractivity contribution in [2.45, 2.75) is 0 Å². The molecule has 0 saturated carbocycles. The van der Waals surface area contributed by atoms with Crippen LogP contribution in [0.15, 0.2) is 18.2 Å². The van der Waals surface area contributed by atoms with E-state index in [2.05, 4.69) is 0 Å². The van der Waals surface area contributed by atoms with Gasteiger partial charge in [-0.15, -0.1) is 0 Å². The Labute approximate surface area is 146 Å². The fraction of sp³-hybridized carbons (Fsp3) is 0.0769. The summed E-state index contributed by atoms with van der Waals surface area (Å²) >= 11 is 36.7. The standard InChI is InChI=1S/C13H6Cl6O/c1-20-13-5(3-2-4-6(13)14)7-8(15)10(17)12(19)11(18)9(7)16/h2-4H,1H3. The van der Waals surface area contributed by atoms with E-state index >= 15 is 0 Å². The molecule has 0 atom stereocenters. The largest absolute Gasteiger partial charge is 0.495 e. The van der Waals surface area contributed by atoms with Crippen molar-refractivity contribution < 1.29 is 4.74 Å². The summed E-state index contributed by atoms with van der Waals surface area (Å²) in [7, 11) is 1.49. The second-order valence-electron chi connectivity index (χ2n) is 3.77. The second-order valence-corrected chi connectivity index (χ2v) is 6.06. The maximum Gasteiger partial charge on any atom is 0.145 e. The van der Waals surface area contributed by atoms with E-state index in [1.807, 2.05) is 0 Å². The van der Waals surface area contributed by atoms with Gasteiger partial charge in [0.05, 0.1) is 37.2 Å². The number of hydrogen-bond acceptors (Lipinski definition) is 1. The minimum atomic E-state index is 0.105. The topological polar surface area (TPSA) is 9.23 Å². The predicted molar refractivity (Wildman–Crippen MR) is 88.5 cm³/mol. The van der Waals surface area contributed by atoms with Crippen molar-refractivity contribution in [1.29, 1.82) is 0 Å². The fourth-order valence-corrected chi connectivity index (χ4v) is 3.35. The maximum absolute atomic E-state index is 6.23. The molecule has 0 unspecified atom stereocenters. The summed E-state index contributed by atoms with van der Waals surface area (Å²) in [6, 6.07) is 5.17. The van der Waals surface area contributed by atoms with E-state index in [1.54, 1.807) is 18.2 Å². The fourth-order valence-electron chi connectivity index (χ4n) is 1.75. The van der Waals surface area contributed by atoms with Crippen molar-refractivity contribution in [3.05, 3.63) is 48.3 Å². The zero-order chi connectivity index (χ0) is 15.0. The number of halogens is 6. The van der Waals surface area contributed by atoms with Crippen molar-refractivity contribution in [1.82, 2.24) is 0 Å². The van der Waals surface area contributed by atoms with E-state index in [0.717, 1.165) is 0 Å². The lowest BCUT2D eigenvalue weighted by Gasteiger charge is -2.16. The van der Waals surface area contributed by atoms with Gasteiger partial charge in [-0.3, -0.25) is 0 Å². The molecular formula is C13H6Cl6O. The van der Waals surface area contributed by atoms with Crippen LogP contribution < -0.4 is 4.74 Å². The molecule has 0 radical (unpaired) electrons. The van der Waals surface area contributed by atoms with E-state index in [4.69, 9.17) is 74.3 Å². The van der Waals surface area contributed by atoms with Gasteiger partial charge >= 0.3 is 0 Å². The van der Waals surface area contributed by atoms with Gasteiger partial charge in [-0.05, 0) is 6.07 Å². The Kier molecular flexibility index (Phi) is 5.23. The van der Waals surface area contributed by atoms with Gasteiger partial charge in [-0.25, -0.2) is 0 Å². The lowest BCUT2D eigenvalue weighted by molar-refractivity contribution is 0.416. The predicted octanol–water partition coefficient (Wildman–Crippen LogP) is 7.28. The highest BCUT2D eigenvalue weighted by atomic mass is 35.5. The van der Waals surface area contributed by atoms with Crippen molar-refractivity contribution in [3.63, 3.8) is 0 Å². The highest BCUT2D eigenvalue weighted by molar-refractivity contribution is 6.56. The average Bonchev–Trinajstić information content (AvgIpc) is 2.43. The smallest absolute Gasteiger partial charge is 0.145 e. The number of rotatable bonds is 2. The van der Waals surface area contributed by atoms with E-state index in [1.165, 1.54) is 7.11 Å². The zero-order valence-corrected chi connectivity index (χ0v) is 14.4. The average molecular weight is 391 g/mol. The quantitative estimate of drug-likeness (QED) is 0.386. The van der Waals surface area contributed by atoms with Crippen LogP contribution in [0.1, 0.15) is 0 Å². The molecule has 0 heterocycles. The number of para-hydroxylation sites is 1. The minimum absolute atomic E-state index is 0.105. The first-order valence-corrected chi connectivity index (χ1v) is 7.51. The van der Waals surface area contributed by atoms with Crippen LogP contribution in [-0.4, -0.2) is 7.11 Å². The molecule has 0 saturated heterocycles. The van der Waals surface area contributed by atoms with Crippen LogP contribution in [0, 0.1) is 0 Å². The molecule has 0 aliphatic carbocycles. The monoisotopic (exact) mass is 388 g/mol. The van der Waals surface area contributed by atoms with Crippen LogP contribution >= 0.6 is 69.6 Å². The Bertz CT molecular complexity index is 654. The number of benzene rings is 2. The van der Waals surface area contributed by atoms with Crippen molar-refractivity contribution in [3.8, 4) is 16.9 Å². The molecule has 0 N–H and O–H groups in total. The molecule has 0 aliphatic heterocycles. The summed E-state index contributed by atoms with van der Waals surface area (Å²) in [5.74, 6) is 0.424. The van der Waals surface area contributed by atoms with E-state index in [9.17, 15) is 0 Å². The normalized spacial score (nSPS) is 10.8. The van der Waals surface area contributed by atoms with Crippen LogP contribution in [0.4, 0.5) is 0 Å². The summed E-state index contributed by atoms with van der Waals surface area (Å²) < 4.78 is 5.28. The molecule has 7 heteroatoms. The molecule has 106 valence electrons. The molecule has 0 aliphatic rings.